The van der Waals surface area contributed by atoms with Crippen molar-refractivity contribution in [3.8, 4) is 11.4 Å². The van der Waals surface area contributed by atoms with Gasteiger partial charge in [0.25, 0.3) is 0 Å². The Labute approximate surface area is 152 Å². The highest BCUT2D eigenvalue weighted by Gasteiger charge is 2.19. The summed E-state index contributed by atoms with van der Waals surface area (Å²) in [4.78, 5) is 15.9. The highest BCUT2D eigenvalue weighted by Crippen LogP contribution is 2.22. The largest absolute Gasteiger partial charge is 0.293 e. The van der Waals surface area contributed by atoms with Crippen LogP contribution in [-0.2, 0) is 19.5 Å². The Morgan fingerprint density at radius 3 is 2.64 bits per heavy atom. The fourth-order valence-corrected chi connectivity index (χ4v) is 3.20. The van der Waals surface area contributed by atoms with Gasteiger partial charge in [0.1, 0.15) is 5.15 Å². The van der Waals surface area contributed by atoms with Crippen LogP contribution in [0.25, 0.3) is 11.4 Å². The number of benzene rings is 1. The van der Waals surface area contributed by atoms with Gasteiger partial charge in [-0.05, 0) is 30.5 Å². The molecule has 2 aromatic heterocycles. The van der Waals surface area contributed by atoms with Crippen molar-refractivity contribution >= 4 is 11.6 Å². The first kappa shape index (κ1) is 16.2. The summed E-state index contributed by atoms with van der Waals surface area (Å²) >= 11 is 5.87. The maximum Gasteiger partial charge on any atom is 0.159 e. The predicted molar refractivity (Wildman–Crippen MR) is 99.3 cm³/mol. The topological polar surface area (TPSA) is 41.9 Å². The van der Waals surface area contributed by atoms with Crippen molar-refractivity contribution in [2.24, 2.45) is 0 Å². The van der Waals surface area contributed by atoms with Crippen LogP contribution >= 0.6 is 11.6 Å². The van der Waals surface area contributed by atoms with Crippen molar-refractivity contribution in [1.82, 2.24) is 19.9 Å². The second-order valence-electron chi connectivity index (χ2n) is 6.48. The molecule has 5 heteroatoms. The first-order valence-electron chi connectivity index (χ1n) is 8.42. The lowest BCUT2D eigenvalue weighted by molar-refractivity contribution is 0.241. The molecule has 0 radical (unpaired) electrons. The highest BCUT2D eigenvalue weighted by atomic mass is 35.5. The van der Waals surface area contributed by atoms with Gasteiger partial charge in [0.05, 0.1) is 5.69 Å². The lowest BCUT2D eigenvalue weighted by atomic mass is 10.1. The second kappa shape index (κ2) is 6.90. The van der Waals surface area contributed by atoms with Crippen LogP contribution in [0.2, 0.25) is 5.15 Å². The standard InChI is InChI=1S/C20H19ClN4/c1-14-2-5-16(6-3-14)20-23-11-17-8-9-25(13-18(17)24-20)12-15-4-7-19(21)22-10-15/h2-7,10-11H,8-9,12-13H2,1H3. The molecule has 1 aliphatic heterocycles. The molecular formula is C20H19ClN4. The summed E-state index contributed by atoms with van der Waals surface area (Å²) in [5, 5.41) is 0.531. The van der Waals surface area contributed by atoms with Gasteiger partial charge in [-0.3, -0.25) is 4.90 Å². The first-order valence-corrected chi connectivity index (χ1v) is 8.80. The molecule has 126 valence electrons. The maximum absolute atomic E-state index is 5.87. The fourth-order valence-electron chi connectivity index (χ4n) is 3.09. The van der Waals surface area contributed by atoms with Crippen LogP contribution in [0.3, 0.4) is 0 Å². The van der Waals surface area contributed by atoms with E-state index in [9.17, 15) is 0 Å². The van der Waals surface area contributed by atoms with Gasteiger partial charge >= 0.3 is 0 Å². The Kier molecular flexibility index (Phi) is 4.47. The number of halogens is 1. The molecular weight excluding hydrogens is 332 g/mol. The molecule has 3 heterocycles. The van der Waals surface area contributed by atoms with Crippen LogP contribution in [0.15, 0.2) is 48.8 Å². The van der Waals surface area contributed by atoms with Gasteiger partial charge in [-0.2, -0.15) is 0 Å². The van der Waals surface area contributed by atoms with E-state index in [2.05, 4.69) is 46.1 Å². The van der Waals surface area contributed by atoms with E-state index in [1.54, 1.807) is 0 Å². The number of pyridine rings is 1. The zero-order valence-electron chi connectivity index (χ0n) is 14.1. The van der Waals surface area contributed by atoms with E-state index in [1.165, 1.54) is 16.7 Å². The molecule has 0 saturated carbocycles. The minimum absolute atomic E-state index is 0.531. The molecule has 1 aromatic carbocycles. The van der Waals surface area contributed by atoms with Crippen LogP contribution in [0.5, 0.6) is 0 Å². The van der Waals surface area contributed by atoms with Gasteiger partial charge < -0.3 is 0 Å². The highest BCUT2D eigenvalue weighted by molar-refractivity contribution is 6.29. The Morgan fingerprint density at radius 1 is 1.04 bits per heavy atom. The summed E-state index contributed by atoms with van der Waals surface area (Å²) in [6.07, 6.45) is 4.80. The third kappa shape index (κ3) is 3.70. The number of fused-ring (bicyclic) bond motifs is 1. The average molecular weight is 351 g/mol. The van der Waals surface area contributed by atoms with E-state index in [0.29, 0.717) is 5.15 Å². The number of aryl methyl sites for hydroxylation is 1. The summed E-state index contributed by atoms with van der Waals surface area (Å²) in [5.41, 5.74) is 5.85. The van der Waals surface area contributed by atoms with Crippen LogP contribution in [0.1, 0.15) is 22.4 Å². The third-order valence-electron chi connectivity index (χ3n) is 4.53. The van der Waals surface area contributed by atoms with E-state index in [4.69, 9.17) is 16.6 Å². The van der Waals surface area contributed by atoms with Gasteiger partial charge in [0.15, 0.2) is 5.82 Å². The van der Waals surface area contributed by atoms with E-state index >= 15 is 0 Å². The summed E-state index contributed by atoms with van der Waals surface area (Å²) in [6.45, 7) is 4.77. The van der Waals surface area contributed by atoms with Gasteiger partial charge in [0, 0.05) is 37.6 Å². The lowest BCUT2D eigenvalue weighted by Crippen LogP contribution is -2.31. The molecule has 0 atom stereocenters. The second-order valence-corrected chi connectivity index (χ2v) is 6.87. The smallest absolute Gasteiger partial charge is 0.159 e. The van der Waals surface area contributed by atoms with Gasteiger partial charge in [-0.15, -0.1) is 0 Å². The Bertz CT molecular complexity index is 875. The lowest BCUT2D eigenvalue weighted by Gasteiger charge is -2.27. The van der Waals surface area contributed by atoms with Crippen LogP contribution in [0.4, 0.5) is 0 Å². The van der Waals surface area contributed by atoms with Crippen LogP contribution in [-0.4, -0.2) is 26.4 Å². The van der Waals surface area contributed by atoms with Gasteiger partial charge in [-0.25, -0.2) is 15.0 Å². The zero-order valence-corrected chi connectivity index (χ0v) is 14.9. The predicted octanol–water partition coefficient (Wildman–Crippen LogP) is 4.06. The number of aromatic nitrogens is 3. The summed E-state index contributed by atoms with van der Waals surface area (Å²) in [7, 11) is 0. The molecule has 0 N–H and O–H groups in total. The van der Waals surface area contributed by atoms with Crippen LogP contribution in [0, 0.1) is 6.92 Å². The molecule has 0 spiro atoms. The minimum Gasteiger partial charge on any atom is -0.293 e. The summed E-state index contributed by atoms with van der Waals surface area (Å²) in [6, 6.07) is 12.2. The average Bonchev–Trinajstić information content (AvgIpc) is 2.64. The summed E-state index contributed by atoms with van der Waals surface area (Å²) in [5.74, 6) is 0.800. The molecule has 0 amide bonds. The monoisotopic (exact) mass is 350 g/mol. The minimum atomic E-state index is 0.531. The Hall–Kier alpha value is -2.30. The van der Waals surface area contributed by atoms with E-state index in [0.717, 1.165) is 43.1 Å². The molecule has 4 nitrogen and oxygen atoms in total. The molecule has 0 saturated heterocycles. The molecule has 0 bridgehead atoms. The van der Waals surface area contributed by atoms with E-state index in [1.807, 2.05) is 24.5 Å². The van der Waals surface area contributed by atoms with Crippen molar-refractivity contribution in [1.29, 1.82) is 0 Å². The zero-order chi connectivity index (χ0) is 17.2. The van der Waals surface area contributed by atoms with E-state index in [-0.39, 0.29) is 0 Å². The van der Waals surface area contributed by atoms with Crippen molar-refractivity contribution in [3.05, 3.63) is 76.3 Å². The quantitative estimate of drug-likeness (QED) is 0.668. The van der Waals surface area contributed by atoms with E-state index < -0.39 is 0 Å². The molecule has 25 heavy (non-hydrogen) atoms. The number of nitrogens with zero attached hydrogens (tertiary/aromatic N) is 4. The SMILES string of the molecule is Cc1ccc(-c2ncc3c(n2)CN(Cc2ccc(Cl)nc2)CC3)cc1. The Morgan fingerprint density at radius 2 is 1.88 bits per heavy atom. The molecule has 4 rings (SSSR count). The molecule has 1 aliphatic rings. The normalized spacial score (nSPS) is 14.3. The summed E-state index contributed by atoms with van der Waals surface area (Å²) < 4.78 is 0. The number of hydrogen-bond donors (Lipinski definition) is 0. The van der Waals surface area contributed by atoms with Crippen molar-refractivity contribution in [3.63, 3.8) is 0 Å². The maximum atomic E-state index is 5.87. The third-order valence-corrected chi connectivity index (χ3v) is 4.75. The molecule has 0 fully saturated rings. The van der Waals surface area contributed by atoms with Gasteiger partial charge in [-0.1, -0.05) is 47.5 Å². The first-order chi connectivity index (χ1) is 12.2. The Balaban J connectivity index is 1.54. The molecule has 0 aliphatic carbocycles. The number of rotatable bonds is 3. The van der Waals surface area contributed by atoms with Crippen molar-refractivity contribution in [2.45, 2.75) is 26.4 Å². The fraction of sp³-hybridized carbons (Fsp3) is 0.250. The molecule has 0 unspecified atom stereocenters. The van der Waals surface area contributed by atoms with Crippen molar-refractivity contribution < 1.29 is 0 Å². The number of hydrogen-bond acceptors (Lipinski definition) is 4. The molecule has 3 aromatic rings. The van der Waals surface area contributed by atoms with Gasteiger partial charge in [0.2, 0.25) is 0 Å². The van der Waals surface area contributed by atoms with Crippen LogP contribution < -0.4 is 0 Å². The van der Waals surface area contributed by atoms with Crippen molar-refractivity contribution in [2.75, 3.05) is 6.54 Å².